The van der Waals surface area contributed by atoms with Crippen molar-refractivity contribution in [2.24, 2.45) is 0 Å². The molecule has 3 aromatic rings. The summed E-state index contributed by atoms with van der Waals surface area (Å²) in [4.78, 5) is 24.1. The number of benzene rings is 2. The Hall–Kier alpha value is -3.32. The third-order valence-electron chi connectivity index (χ3n) is 3.52. The second-order valence-corrected chi connectivity index (χ2v) is 5.95. The molecule has 0 aliphatic carbocycles. The van der Waals surface area contributed by atoms with Crippen LogP contribution in [0.5, 0.6) is 0 Å². The molecule has 0 aliphatic heterocycles. The first-order chi connectivity index (χ1) is 13.0. The molecule has 0 radical (unpaired) electrons. The minimum atomic E-state index is -0.528. The second kappa shape index (κ2) is 8.37. The van der Waals surface area contributed by atoms with Gasteiger partial charge in [0.1, 0.15) is 5.82 Å². The Morgan fingerprint density at radius 3 is 2.44 bits per heavy atom. The maximum atomic E-state index is 13.1. The Bertz CT molecular complexity index is 961. The van der Waals surface area contributed by atoms with Crippen molar-refractivity contribution in [3.05, 3.63) is 77.5 Å². The van der Waals surface area contributed by atoms with Gasteiger partial charge in [0, 0.05) is 17.1 Å². The largest absolute Gasteiger partial charge is 0.459 e. The summed E-state index contributed by atoms with van der Waals surface area (Å²) in [5.41, 5.74) is 1.54. The summed E-state index contributed by atoms with van der Waals surface area (Å²) in [6.45, 7) is -0.0368. The number of carbonyl (C=O) groups is 2. The van der Waals surface area contributed by atoms with Gasteiger partial charge in [-0.15, -0.1) is 0 Å². The van der Waals surface area contributed by atoms with Gasteiger partial charge in [-0.25, -0.2) is 4.39 Å². The molecule has 0 saturated carbocycles. The Balaban J connectivity index is 1.56. The van der Waals surface area contributed by atoms with E-state index in [9.17, 15) is 14.0 Å². The lowest BCUT2D eigenvalue weighted by Gasteiger charge is -2.10. The van der Waals surface area contributed by atoms with E-state index >= 15 is 0 Å². The molecule has 1 heterocycles. The minimum Gasteiger partial charge on any atom is -0.459 e. The highest BCUT2D eigenvalue weighted by molar-refractivity contribution is 6.31. The summed E-state index contributed by atoms with van der Waals surface area (Å²) < 4.78 is 18.2. The lowest BCUT2D eigenvalue weighted by molar-refractivity contribution is -0.114. The smallest absolute Gasteiger partial charge is 0.291 e. The van der Waals surface area contributed by atoms with E-state index in [-0.39, 0.29) is 23.2 Å². The quantitative estimate of drug-likeness (QED) is 0.586. The maximum Gasteiger partial charge on any atom is 0.291 e. The molecule has 2 aromatic carbocycles. The van der Waals surface area contributed by atoms with Crippen molar-refractivity contribution in [2.45, 2.75) is 0 Å². The molecule has 0 fully saturated rings. The van der Waals surface area contributed by atoms with Gasteiger partial charge >= 0.3 is 0 Å². The van der Waals surface area contributed by atoms with E-state index in [4.69, 9.17) is 16.0 Å². The molecule has 0 spiro atoms. The van der Waals surface area contributed by atoms with Gasteiger partial charge in [-0.1, -0.05) is 17.7 Å². The summed E-state index contributed by atoms with van der Waals surface area (Å²) in [6, 6.07) is 14.0. The summed E-state index contributed by atoms with van der Waals surface area (Å²) >= 11 is 5.70. The van der Waals surface area contributed by atoms with Gasteiger partial charge in [0.15, 0.2) is 5.76 Å². The molecule has 0 aliphatic rings. The van der Waals surface area contributed by atoms with Gasteiger partial charge in [-0.2, -0.15) is 0 Å². The van der Waals surface area contributed by atoms with Crippen LogP contribution in [-0.4, -0.2) is 18.4 Å². The van der Waals surface area contributed by atoms with Crippen molar-refractivity contribution in [3.63, 3.8) is 0 Å². The van der Waals surface area contributed by atoms with E-state index < -0.39 is 11.7 Å². The molecule has 3 N–H and O–H groups in total. The molecule has 0 saturated heterocycles. The van der Waals surface area contributed by atoms with Gasteiger partial charge in [0.2, 0.25) is 5.91 Å². The van der Waals surface area contributed by atoms with Gasteiger partial charge in [-0.3, -0.25) is 9.59 Å². The highest BCUT2D eigenvalue weighted by Crippen LogP contribution is 2.19. The first-order valence-electron chi connectivity index (χ1n) is 7.95. The monoisotopic (exact) mass is 387 g/mol. The maximum absolute atomic E-state index is 13.1. The zero-order chi connectivity index (χ0) is 19.2. The first kappa shape index (κ1) is 18.5. The van der Waals surface area contributed by atoms with E-state index in [0.717, 1.165) is 0 Å². The topological polar surface area (TPSA) is 83.4 Å². The van der Waals surface area contributed by atoms with E-state index in [2.05, 4.69) is 16.0 Å². The standard InChI is InChI=1S/C19H15ClFN3O3/c20-15-10-12(6-7-16(15)21)22-11-18(25)23-13-3-1-4-14(9-13)24-19(26)17-5-2-8-27-17/h1-10,22H,11H2,(H,23,25)(H,24,26). The van der Waals surface area contributed by atoms with Crippen LogP contribution in [0.3, 0.4) is 0 Å². The number of anilines is 3. The fourth-order valence-electron chi connectivity index (χ4n) is 2.27. The van der Waals surface area contributed by atoms with E-state index in [1.807, 2.05) is 0 Å². The lowest BCUT2D eigenvalue weighted by Crippen LogP contribution is -2.21. The van der Waals surface area contributed by atoms with Gasteiger partial charge in [0.25, 0.3) is 5.91 Å². The van der Waals surface area contributed by atoms with Crippen LogP contribution >= 0.6 is 11.6 Å². The molecule has 6 nitrogen and oxygen atoms in total. The predicted molar refractivity (Wildman–Crippen MR) is 102 cm³/mol. The zero-order valence-electron chi connectivity index (χ0n) is 14.0. The van der Waals surface area contributed by atoms with Crippen LogP contribution in [0.25, 0.3) is 0 Å². The Morgan fingerprint density at radius 2 is 1.74 bits per heavy atom. The Kier molecular flexibility index (Phi) is 5.73. The number of halogens is 2. The van der Waals surface area contributed by atoms with Gasteiger partial charge in [-0.05, 0) is 48.5 Å². The first-order valence-corrected chi connectivity index (χ1v) is 8.33. The Labute approximate surface area is 159 Å². The molecule has 2 amide bonds. The second-order valence-electron chi connectivity index (χ2n) is 5.54. The summed E-state index contributed by atoms with van der Waals surface area (Å²) in [6.07, 6.45) is 1.41. The molecule has 3 rings (SSSR count). The fourth-order valence-corrected chi connectivity index (χ4v) is 2.45. The van der Waals surface area contributed by atoms with Gasteiger partial charge < -0.3 is 20.4 Å². The van der Waals surface area contributed by atoms with Crippen LogP contribution in [0.1, 0.15) is 10.6 Å². The molecule has 8 heteroatoms. The van der Waals surface area contributed by atoms with Crippen molar-refractivity contribution in [1.29, 1.82) is 0 Å². The van der Waals surface area contributed by atoms with Crippen molar-refractivity contribution < 1.29 is 18.4 Å². The minimum absolute atomic E-state index is 0.0274. The molecule has 1 aromatic heterocycles. The number of rotatable bonds is 6. The van der Waals surface area contributed by atoms with Crippen LogP contribution in [-0.2, 0) is 4.79 Å². The average molecular weight is 388 g/mol. The molecule has 0 atom stereocenters. The van der Waals surface area contributed by atoms with E-state index in [0.29, 0.717) is 17.1 Å². The summed E-state index contributed by atoms with van der Waals surface area (Å²) in [5, 5.41) is 8.21. The van der Waals surface area contributed by atoms with Crippen molar-refractivity contribution in [1.82, 2.24) is 0 Å². The SMILES string of the molecule is O=C(CNc1ccc(F)c(Cl)c1)Nc1cccc(NC(=O)c2ccco2)c1. The molecule has 27 heavy (non-hydrogen) atoms. The van der Waals surface area contributed by atoms with Crippen LogP contribution in [0, 0.1) is 5.82 Å². The van der Waals surface area contributed by atoms with Crippen LogP contribution in [0.2, 0.25) is 5.02 Å². The number of nitrogens with one attached hydrogen (secondary N) is 3. The van der Waals surface area contributed by atoms with Crippen molar-refractivity contribution >= 4 is 40.5 Å². The normalized spacial score (nSPS) is 10.3. The molecule has 138 valence electrons. The molecule has 0 bridgehead atoms. The lowest BCUT2D eigenvalue weighted by atomic mass is 10.2. The number of carbonyl (C=O) groups excluding carboxylic acids is 2. The molecule has 0 unspecified atom stereocenters. The third-order valence-corrected chi connectivity index (χ3v) is 3.81. The van der Waals surface area contributed by atoms with Crippen LogP contribution < -0.4 is 16.0 Å². The average Bonchev–Trinajstić information content (AvgIpc) is 3.18. The number of furan rings is 1. The molecular formula is C19H15ClFN3O3. The van der Waals surface area contributed by atoms with Gasteiger partial charge in [0.05, 0.1) is 17.8 Å². The zero-order valence-corrected chi connectivity index (χ0v) is 14.7. The molecular weight excluding hydrogens is 373 g/mol. The number of hydrogen-bond donors (Lipinski definition) is 3. The fraction of sp³-hybridized carbons (Fsp3) is 0.0526. The predicted octanol–water partition coefficient (Wildman–Crippen LogP) is 4.38. The third kappa shape index (κ3) is 5.08. The van der Waals surface area contributed by atoms with E-state index in [1.165, 1.54) is 24.5 Å². The highest BCUT2D eigenvalue weighted by atomic mass is 35.5. The number of hydrogen-bond acceptors (Lipinski definition) is 4. The van der Waals surface area contributed by atoms with Crippen molar-refractivity contribution in [3.8, 4) is 0 Å². The summed E-state index contributed by atoms with van der Waals surface area (Å²) in [7, 11) is 0. The summed E-state index contributed by atoms with van der Waals surface area (Å²) in [5.74, 6) is -1.05. The van der Waals surface area contributed by atoms with Crippen LogP contribution in [0.4, 0.5) is 21.5 Å². The van der Waals surface area contributed by atoms with Crippen LogP contribution in [0.15, 0.2) is 65.3 Å². The highest BCUT2D eigenvalue weighted by Gasteiger charge is 2.10. The Morgan fingerprint density at radius 1 is 0.963 bits per heavy atom. The van der Waals surface area contributed by atoms with Crippen molar-refractivity contribution in [2.75, 3.05) is 22.5 Å². The number of amides is 2. The van der Waals surface area contributed by atoms with E-state index in [1.54, 1.807) is 36.4 Å².